The van der Waals surface area contributed by atoms with Gasteiger partial charge in [0.15, 0.2) is 15.0 Å². The Morgan fingerprint density at radius 2 is 1.74 bits per heavy atom. The molecule has 1 N–H and O–H groups in total. The molecule has 3 aromatic rings. The number of anilines is 1. The fraction of sp³-hybridized carbons (Fsp3) is 0.333. The van der Waals surface area contributed by atoms with E-state index in [1.807, 2.05) is 6.92 Å². The molecule has 9 nitrogen and oxygen atoms in total. The van der Waals surface area contributed by atoms with Crippen LogP contribution in [-0.2, 0) is 19.9 Å². The maximum absolute atomic E-state index is 13.1. The van der Waals surface area contributed by atoms with Gasteiger partial charge in [-0.1, -0.05) is 29.9 Å². The fourth-order valence-corrected chi connectivity index (χ4v) is 6.90. The number of hydrogen-bond donors (Lipinski definition) is 1. The molecule has 0 unspecified atom stereocenters. The van der Waals surface area contributed by atoms with Crippen LogP contribution in [0.3, 0.4) is 0 Å². The van der Waals surface area contributed by atoms with Gasteiger partial charge in [-0.2, -0.15) is 4.31 Å². The lowest BCUT2D eigenvalue weighted by atomic mass is 10.2. The molecule has 0 radical (unpaired) electrons. The number of likely N-dealkylation sites (N-methyl/N-ethyl adjacent to an activating group) is 1. The summed E-state index contributed by atoms with van der Waals surface area (Å²) in [5.74, 6) is -0.611. The van der Waals surface area contributed by atoms with Crippen LogP contribution >= 0.6 is 22.9 Å². The highest BCUT2D eigenvalue weighted by Gasteiger charge is 2.29. The number of sulfonamides is 1. The second-order valence-corrected chi connectivity index (χ2v) is 13.2. The van der Waals surface area contributed by atoms with Crippen LogP contribution in [0.5, 0.6) is 0 Å². The maximum atomic E-state index is 13.1. The summed E-state index contributed by atoms with van der Waals surface area (Å²) in [6.07, 6.45) is 1.12. The number of fused-ring (bicyclic) bond motifs is 1. The molecule has 182 valence electrons. The zero-order valence-corrected chi connectivity index (χ0v) is 21.7. The van der Waals surface area contributed by atoms with E-state index in [0.717, 1.165) is 24.1 Å². The smallest absolute Gasteiger partial charge is 0.259 e. The number of thiazole rings is 1. The van der Waals surface area contributed by atoms with Gasteiger partial charge in [0, 0.05) is 32.4 Å². The Labute approximate surface area is 207 Å². The first-order valence-electron chi connectivity index (χ1n) is 10.4. The molecule has 0 spiro atoms. The molecule has 1 amide bonds. The monoisotopic (exact) mass is 542 g/mol. The van der Waals surface area contributed by atoms with Crippen LogP contribution in [0, 0.1) is 0 Å². The second kappa shape index (κ2) is 9.51. The number of sulfone groups is 1. The van der Waals surface area contributed by atoms with Crippen LogP contribution in [0.1, 0.15) is 17.3 Å². The minimum Gasteiger partial charge on any atom is -0.301 e. The second-order valence-electron chi connectivity index (χ2n) is 7.85. The summed E-state index contributed by atoms with van der Waals surface area (Å²) in [6, 6.07) is 8.57. The molecule has 0 aliphatic carbocycles. The molecule has 0 atom stereocenters. The number of nitrogens with one attached hydrogen (secondary N) is 1. The van der Waals surface area contributed by atoms with Gasteiger partial charge in [0.2, 0.25) is 10.0 Å². The summed E-state index contributed by atoms with van der Waals surface area (Å²) in [7, 11) is -7.16. The molecule has 0 saturated carbocycles. The van der Waals surface area contributed by atoms with Crippen molar-refractivity contribution in [1.29, 1.82) is 0 Å². The minimum atomic E-state index is -3.78. The van der Waals surface area contributed by atoms with Gasteiger partial charge in [-0.15, -0.1) is 0 Å². The quantitative estimate of drug-likeness (QED) is 0.509. The maximum Gasteiger partial charge on any atom is 0.259 e. The average Bonchev–Trinajstić information content (AvgIpc) is 3.20. The fourth-order valence-electron chi connectivity index (χ4n) is 3.63. The third kappa shape index (κ3) is 5.11. The standard InChI is InChI=1S/C21H23ClN4O5S3/c1-3-25-8-10-26(11-9-25)34(30,31)15-4-6-17(22)16(12-15)20(27)24-21-23-18-7-5-14(33(2,28)29)13-19(18)32-21/h4-7,12-13H,3,8-11H2,1-2H3,(H,23,24,27). The molecular formula is C21H23ClN4O5S3. The first-order chi connectivity index (χ1) is 16.0. The highest BCUT2D eigenvalue weighted by atomic mass is 35.5. The van der Waals surface area contributed by atoms with E-state index in [0.29, 0.717) is 36.4 Å². The molecule has 2 aromatic carbocycles. The van der Waals surface area contributed by atoms with E-state index in [1.165, 1.54) is 34.6 Å². The van der Waals surface area contributed by atoms with Crippen LogP contribution < -0.4 is 5.32 Å². The zero-order chi connectivity index (χ0) is 24.7. The molecule has 1 saturated heterocycles. The van der Waals surface area contributed by atoms with Crippen molar-refractivity contribution in [3.8, 4) is 0 Å². The highest BCUT2D eigenvalue weighted by molar-refractivity contribution is 7.90. The summed E-state index contributed by atoms with van der Waals surface area (Å²) in [5.41, 5.74) is 0.535. The van der Waals surface area contributed by atoms with Gasteiger partial charge >= 0.3 is 0 Å². The van der Waals surface area contributed by atoms with Gasteiger partial charge in [0.25, 0.3) is 5.91 Å². The molecule has 34 heavy (non-hydrogen) atoms. The van der Waals surface area contributed by atoms with Crippen molar-refractivity contribution < 1.29 is 21.6 Å². The number of carbonyl (C=O) groups is 1. The lowest BCUT2D eigenvalue weighted by molar-refractivity contribution is 0.102. The van der Waals surface area contributed by atoms with Crippen LogP contribution in [0.15, 0.2) is 46.2 Å². The zero-order valence-electron chi connectivity index (χ0n) is 18.5. The van der Waals surface area contributed by atoms with Crippen molar-refractivity contribution in [3.63, 3.8) is 0 Å². The number of aromatic nitrogens is 1. The van der Waals surface area contributed by atoms with Gasteiger partial charge in [-0.25, -0.2) is 21.8 Å². The predicted molar refractivity (Wildman–Crippen MR) is 133 cm³/mol. The highest BCUT2D eigenvalue weighted by Crippen LogP contribution is 2.30. The van der Waals surface area contributed by atoms with Crippen LogP contribution in [0.2, 0.25) is 5.02 Å². The summed E-state index contributed by atoms with van der Waals surface area (Å²) < 4.78 is 51.8. The third-order valence-electron chi connectivity index (χ3n) is 5.61. The van der Waals surface area contributed by atoms with E-state index < -0.39 is 25.8 Å². The Morgan fingerprint density at radius 3 is 2.38 bits per heavy atom. The van der Waals surface area contributed by atoms with E-state index in [1.54, 1.807) is 6.07 Å². The first kappa shape index (κ1) is 25.0. The molecular weight excluding hydrogens is 520 g/mol. The summed E-state index contributed by atoms with van der Waals surface area (Å²) in [4.78, 5) is 19.6. The molecule has 0 bridgehead atoms. The normalized spacial score (nSPS) is 16.1. The van der Waals surface area contributed by atoms with Crippen LogP contribution in [0.25, 0.3) is 10.2 Å². The van der Waals surface area contributed by atoms with Crippen molar-refractivity contribution in [3.05, 3.63) is 47.0 Å². The van der Waals surface area contributed by atoms with E-state index in [-0.39, 0.29) is 25.5 Å². The topological polar surface area (TPSA) is 117 Å². The van der Waals surface area contributed by atoms with Gasteiger partial charge in [0.05, 0.1) is 30.6 Å². The van der Waals surface area contributed by atoms with Crippen molar-refractivity contribution in [2.75, 3.05) is 44.3 Å². The van der Waals surface area contributed by atoms with Crippen LogP contribution in [0.4, 0.5) is 5.13 Å². The average molecular weight is 543 g/mol. The van der Waals surface area contributed by atoms with Gasteiger partial charge in [0.1, 0.15) is 0 Å². The van der Waals surface area contributed by atoms with Crippen molar-refractivity contribution >= 4 is 64.1 Å². The molecule has 1 aliphatic heterocycles. The molecule has 1 aromatic heterocycles. The Bertz CT molecular complexity index is 1460. The Hall–Kier alpha value is -2.09. The van der Waals surface area contributed by atoms with E-state index >= 15 is 0 Å². The molecule has 13 heteroatoms. The van der Waals surface area contributed by atoms with E-state index in [4.69, 9.17) is 11.6 Å². The largest absolute Gasteiger partial charge is 0.301 e. The summed E-state index contributed by atoms with van der Waals surface area (Å²) in [5, 5.41) is 2.98. The van der Waals surface area contributed by atoms with E-state index in [2.05, 4.69) is 15.2 Å². The third-order valence-corrected chi connectivity index (χ3v) is 9.88. The summed E-state index contributed by atoms with van der Waals surface area (Å²) >= 11 is 7.33. The van der Waals surface area contributed by atoms with Gasteiger partial charge in [-0.3, -0.25) is 10.1 Å². The predicted octanol–water partition coefficient (Wildman–Crippen LogP) is 2.93. The van der Waals surface area contributed by atoms with Gasteiger partial charge in [-0.05, 0) is 42.9 Å². The van der Waals surface area contributed by atoms with Gasteiger partial charge < -0.3 is 4.90 Å². The summed E-state index contributed by atoms with van der Waals surface area (Å²) in [6.45, 7) is 4.94. The molecule has 1 fully saturated rings. The number of nitrogens with zero attached hydrogens (tertiary/aromatic N) is 3. The van der Waals surface area contributed by atoms with Crippen molar-refractivity contribution in [2.45, 2.75) is 16.7 Å². The number of piperazine rings is 1. The van der Waals surface area contributed by atoms with Crippen molar-refractivity contribution in [1.82, 2.24) is 14.2 Å². The van der Waals surface area contributed by atoms with Crippen molar-refractivity contribution in [2.24, 2.45) is 0 Å². The first-order valence-corrected chi connectivity index (χ1v) is 15.0. The Kier molecular flexibility index (Phi) is 7.00. The number of rotatable bonds is 6. The molecule has 1 aliphatic rings. The number of amides is 1. The number of halogens is 1. The lowest BCUT2D eigenvalue weighted by Crippen LogP contribution is -2.48. The van der Waals surface area contributed by atoms with E-state index in [9.17, 15) is 21.6 Å². The Morgan fingerprint density at radius 1 is 1.06 bits per heavy atom. The minimum absolute atomic E-state index is 0.00547. The number of carbonyl (C=O) groups excluding carboxylic acids is 1. The number of benzene rings is 2. The number of hydrogen-bond acceptors (Lipinski definition) is 8. The Balaban J connectivity index is 1.58. The molecule has 2 heterocycles. The lowest BCUT2D eigenvalue weighted by Gasteiger charge is -2.33. The SMILES string of the molecule is CCN1CCN(S(=O)(=O)c2ccc(Cl)c(C(=O)Nc3nc4ccc(S(C)(=O)=O)cc4s3)c2)CC1. The molecule has 4 rings (SSSR count). The van der Waals surface area contributed by atoms with Crippen LogP contribution in [-0.4, -0.2) is 75.9 Å².